The lowest BCUT2D eigenvalue weighted by Gasteiger charge is -2.32. The molecule has 2 nitrogen and oxygen atoms in total. The van der Waals surface area contributed by atoms with Gasteiger partial charge in [-0.15, -0.1) is 0 Å². The van der Waals surface area contributed by atoms with Crippen LogP contribution in [0, 0.1) is 0 Å². The van der Waals surface area contributed by atoms with Crippen molar-refractivity contribution in [2.75, 3.05) is 0 Å². The first-order valence-electron chi connectivity index (χ1n) is 19.4. The van der Waals surface area contributed by atoms with E-state index in [9.17, 15) is 0 Å². The van der Waals surface area contributed by atoms with Crippen LogP contribution in [0.3, 0.4) is 0 Å². The fourth-order valence-corrected chi connectivity index (χ4v) is 5.08. The Morgan fingerprint density at radius 1 is 0.512 bits per heavy atom. The molecule has 0 aromatic heterocycles. The zero-order valence-corrected chi connectivity index (χ0v) is 23.1. The van der Waals surface area contributed by atoms with E-state index >= 15 is 0 Å². The van der Waals surface area contributed by atoms with E-state index < -0.39 is 72.7 Å². The normalized spacial score (nSPS) is 20.0. The van der Waals surface area contributed by atoms with E-state index in [2.05, 4.69) is 0 Å². The monoisotopic (exact) mass is 544 g/mol. The van der Waals surface area contributed by atoms with E-state index in [-0.39, 0.29) is 40.0 Å². The van der Waals surface area contributed by atoms with Gasteiger partial charge in [-0.3, -0.25) is 0 Å². The number of hydrogen-bond acceptors (Lipinski definition) is 2. The lowest BCUT2D eigenvalue weighted by atomic mass is 9.76. The maximum absolute atomic E-state index is 9.01. The SMILES string of the molecule is [2H]c1c([2H])c([2H])c(-c2ccc3cc(-c4cc(B5OC(C)(C)C(C)(C)O5)cc(-c5c([2H])c([2H])c([2H])c6c([2H])c([2H])c([2H])c([2H])c56)c4)ccc3c2)c([2H])c1[2H]. The number of benzene rings is 6. The van der Waals surface area contributed by atoms with Gasteiger partial charge in [-0.1, -0.05) is 109 Å². The van der Waals surface area contributed by atoms with Gasteiger partial charge in [0.1, 0.15) is 0 Å². The van der Waals surface area contributed by atoms with Gasteiger partial charge in [0.05, 0.1) is 27.7 Å². The Labute approximate surface area is 259 Å². The average Bonchev–Trinajstić information content (AvgIpc) is 3.35. The summed E-state index contributed by atoms with van der Waals surface area (Å²) in [6.07, 6.45) is 0. The zero-order chi connectivity index (χ0) is 38.6. The highest BCUT2D eigenvalue weighted by Gasteiger charge is 2.51. The summed E-state index contributed by atoms with van der Waals surface area (Å²) in [5.74, 6) is 0. The molecule has 3 heteroatoms. The number of rotatable bonds is 4. The molecular formula is C38H33BO2. The minimum absolute atomic E-state index is 0.0299. The first-order valence-corrected chi connectivity index (χ1v) is 13.4. The lowest BCUT2D eigenvalue weighted by molar-refractivity contribution is 0.00578. The van der Waals surface area contributed by atoms with E-state index in [1.165, 1.54) is 0 Å². The highest BCUT2D eigenvalue weighted by atomic mass is 16.7. The third-order valence-corrected chi connectivity index (χ3v) is 8.04. The zero-order valence-electron chi connectivity index (χ0n) is 35.1. The molecule has 6 aromatic rings. The standard InChI is InChI=1S/C38H33BO2/c1-37(2)38(3,4)41-39(40-37)34-24-32(23-33(25-34)36-16-10-14-27-13-8-9-15-35(27)36)31-20-19-29-21-28(17-18-30(29)22-31)26-11-6-5-7-12-26/h5-25H,1-4H3/i5D,6D,7D,8D,9D,10D,11D,12D,13D,14D,15D,16D. The van der Waals surface area contributed by atoms with Crippen molar-refractivity contribution in [3.05, 3.63) is 127 Å². The van der Waals surface area contributed by atoms with Gasteiger partial charge in [0, 0.05) is 0 Å². The van der Waals surface area contributed by atoms with Crippen LogP contribution in [0.2, 0.25) is 0 Å². The number of fused-ring (bicyclic) bond motifs is 2. The van der Waals surface area contributed by atoms with Crippen LogP contribution in [0.15, 0.2) is 127 Å². The molecule has 7 rings (SSSR count). The van der Waals surface area contributed by atoms with Crippen molar-refractivity contribution in [3.8, 4) is 33.4 Å². The molecule has 0 aliphatic carbocycles. The van der Waals surface area contributed by atoms with Crippen LogP contribution in [0.25, 0.3) is 54.9 Å². The summed E-state index contributed by atoms with van der Waals surface area (Å²) in [6, 6.07) is 11.2. The summed E-state index contributed by atoms with van der Waals surface area (Å²) in [4.78, 5) is 0. The van der Waals surface area contributed by atoms with Gasteiger partial charge in [0.2, 0.25) is 0 Å². The molecule has 0 amide bonds. The summed E-state index contributed by atoms with van der Waals surface area (Å²) in [7, 11) is -0.848. The van der Waals surface area contributed by atoms with E-state index in [1.807, 2.05) is 52.0 Å². The molecule has 6 aromatic carbocycles. The van der Waals surface area contributed by atoms with Crippen molar-refractivity contribution in [2.24, 2.45) is 0 Å². The van der Waals surface area contributed by atoms with E-state index in [4.69, 9.17) is 25.8 Å². The molecule has 1 aliphatic rings. The van der Waals surface area contributed by atoms with Crippen molar-refractivity contribution in [2.45, 2.75) is 38.9 Å². The van der Waals surface area contributed by atoms with Crippen molar-refractivity contribution in [1.82, 2.24) is 0 Å². The Morgan fingerprint density at radius 2 is 1.10 bits per heavy atom. The molecule has 200 valence electrons. The second-order valence-electron chi connectivity index (χ2n) is 11.2. The van der Waals surface area contributed by atoms with Gasteiger partial charge in [0.15, 0.2) is 0 Å². The third-order valence-electron chi connectivity index (χ3n) is 8.04. The summed E-state index contributed by atoms with van der Waals surface area (Å²) in [5.41, 5.74) is 1.59. The fraction of sp³-hybridized carbons (Fsp3) is 0.158. The van der Waals surface area contributed by atoms with Crippen LogP contribution in [0.4, 0.5) is 0 Å². The van der Waals surface area contributed by atoms with Gasteiger partial charge in [-0.2, -0.15) is 0 Å². The minimum Gasteiger partial charge on any atom is -0.399 e. The Kier molecular flexibility index (Phi) is 3.73. The molecule has 1 heterocycles. The summed E-state index contributed by atoms with van der Waals surface area (Å²) < 4.78 is 114. The Balaban J connectivity index is 1.46. The van der Waals surface area contributed by atoms with Crippen LogP contribution in [0.5, 0.6) is 0 Å². The summed E-state index contributed by atoms with van der Waals surface area (Å²) in [5, 5.41) is 1.36. The first-order chi connectivity index (χ1) is 24.8. The Bertz CT molecular complexity index is 2520. The predicted octanol–water partition coefficient (Wildman–Crippen LogP) is 9.29. The van der Waals surface area contributed by atoms with E-state index in [0.29, 0.717) is 22.2 Å². The Morgan fingerprint density at radius 3 is 1.80 bits per heavy atom. The highest BCUT2D eigenvalue weighted by Crippen LogP contribution is 2.38. The maximum atomic E-state index is 9.01. The van der Waals surface area contributed by atoms with Crippen molar-refractivity contribution < 1.29 is 25.8 Å². The van der Waals surface area contributed by atoms with Gasteiger partial charge >= 0.3 is 7.12 Å². The van der Waals surface area contributed by atoms with E-state index in [0.717, 1.165) is 16.3 Å². The molecule has 0 spiro atoms. The first kappa shape index (κ1) is 15.7. The molecule has 0 atom stereocenters. The molecule has 0 radical (unpaired) electrons. The van der Waals surface area contributed by atoms with Crippen LogP contribution >= 0.6 is 0 Å². The van der Waals surface area contributed by atoms with Crippen LogP contribution in [-0.2, 0) is 9.31 Å². The molecule has 0 bridgehead atoms. The molecule has 1 aliphatic heterocycles. The quantitative estimate of drug-likeness (QED) is 0.206. The maximum Gasteiger partial charge on any atom is 0.494 e. The molecule has 1 fully saturated rings. The third kappa shape index (κ3) is 4.66. The fourth-order valence-electron chi connectivity index (χ4n) is 5.08. The molecular weight excluding hydrogens is 499 g/mol. The molecule has 0 N–H and O–H groups in total. The van der Waals surface area contributed by atoms with Crippen molar-refractivity contribution in [1.29, 1.82) is 0 Å². The predicted molar refractivity (Wildman–Crippen MR) is 173 cm³/mol. The van der Waals surface area contributed by atoms with Crippen LogP contribution in [0.1, 0.15) is 44.1 Å². The second kappa shape index (κ2) is 9.73. The second-order valence-corrected chi connectivity index (χ2v) is 11.2. The van der Waals surface area contributed by atoms with Gasteiger partial charge < -0.3 is 9.31 Å². The van der Waals surface area contributed by atoms with Gasteiger partial charge in [-0.25, -0.2) is 0 Å². The molecule has 0 unspecified atom stereocenters. The average molecular weight is 545 g/mol. The lowest BCUT2D eigenvalue weighted by Crippen LogP contribution is -2.41. The van der Waals surface area contributed by atoms with Crippen LogP contribution < -0.4 is 5.46 Å². The van der Waals surface area contributed by atoms with E-state index in [1.54, 1.807) is 30.3 Å². The topological polar surface area (TPSA) is 18.5 Å². The van der Waals surface area contributed by atoms with Gasteiger partial charge in [0.25, 0.3) is 0 Å². The molecule has 41 heavy (non-hydrogen) atoms. The minimum atomic E-state index is -0.848. The number of hydrogen-bond donors (Lipinski definition) is 0. The van der Waals surface area contributed by atoms with Gasteiger partial charge in [-0.05, 0) is 106 Å². The van der Waals surface area contributed by atoms with Crippen LogP contribution in [-0.4, -0.2) is 18.3 Å². The smallest absolute Gasteiger partial charge is 0.399 e. The Hall–Kier alpha value is -4.18. The van der Waals surface area contributed by atoms with Crippen molar-refractivity contribution >= 4 is 34.1 Å². The highest BCUT2D eigenvalue weighted by molar-refractivity contribution is 6.62. The molecule has 1 saturated heterocycles. The largest absolute Gasteiger partial charge is 0.494 e. The molecule has 0 saturated carbocycles. The summed E-state index contributed by atoms with van der Waals surface area (Å²) >= 11 is 0. The summed E-state index contributed by atoms with van der Waals surface area (Å²) in [6.45, 7) is 7.69. The van der Waals surface area contributed by atoms with Crippen molar-refractivity contribution in [3.63, 3.8) is 0 Å².